The van der Waals surface area contributed by atoms with Crippen molar-refractivity contribution in [3.8, 4) is 5.75 Å². The van der Waals surface area contributed by atoms with Crippen molar-refractivity contribution in [3.63, 3.8) is 0 Å². The van der Waals surface area contributed by atoms with Gasteiger partial charge in [-0.2, -0.15) is 10.2 Å². The van der Waals surface area contributed by atoms with E-state index in [9.17, 15) is 14.0 Å². The van der Waals surface area contributed by atoms with Crippen LogP contribution in [0.2, 0.25) is 0 Å². The standard InChI is InChI=1S/C25H22FN3O4/c1-17(2)25(31)33-16-15-32-23-13-3-18(4-14-23)24(30)27-20-9-11-22(12-10-20)29-28-21-7-5-19(26)6-8-21/h3-14H,1,15-16H2,2H3,(H,27,30). The lowest BCUT2D eigenvalue weighted by Gasteiger charge is -2.09. The fourth-order valence-corrected chi connectivity index (χ4v) is 2.56. The summed E-state index contributed by atoms with van der Waals surface area (Å²) in [7, 11) is 0. The normalized spacial score (nSPS) is 10.6. The molecule has 0 aromatic heterocycles. The van der Waals surface area contributed by atoms with Crippen molar-refractivity contribution < 1.29 is 23.5 Å². The van der Waals surface area contributed by atoms with Crippen molar-refractivity contribution in [1.29, 1.82) is 0 Å². The van der Waals surface area contributed by atoms with E-state index in [1.54, 1.807) is 55.5 Å². The molecule has 0 fully saturated rings. The first-order valence-electron chi connectivity index (χ1n) is 10.0. The molecule has 0 atom stereocenters. The Bertz CT molecular complexity index is 1140. The van der Waals surface area contributed by atoms with Gasteiger partial charge in [-0.1, -0.05) is 6.58 Å². The van der Waals surface area contributed by atoms with Crippen molar-refractivity contribution in [2.75, 3.05) is 18.5 Å². The lowest BCUT2D eigenvalue weighted by Crippen LogP contribution is -2.13. The number of hydrogen-bond donors (Lipinski definition) is 1. The largest absolute Gasteiger partial charge is 0.490 e. The summed E-state index contributed by atoms with van der Waals surface area (Å²) in [6.45, 7) is 5.37. The third-order valence-corrected chi connectivity index (χ3v) is 4.28. The van der Waals surface area contributed by atoms with Crippen LogP contribution < -0.4 is 10.1 Å². The molecule has 8 heteroatoms. The van der Waals surface area contributed by atoms with Gasteiger partial charge >= 0.3 is 5.97 Å². The molecule has 3 aromatic rings. The fourth-order valence-electron chi connectivity index (χ4n) is 2.56. The van der Waals surface area contributed by atoms with Crippen LogP contribution in [0.15, 0.2) is 95.2 Å². The Morgan fingerprint density at radius 1 is 0.879 bits per heavy atom. The van der Waals surface area contributed by atoms with E-state index < -0.39 is 5.97 Å². The van der Waals surface area contributed by atoms with Crippen LogP contribution in [0.25, 0.3) is 0 Å². The summed E-state index contributed by atoms with van der Waals surface area (Å²) < 4.78 is 23.4. The van der Waals surface area contributed by atoms with Crippen LogP contribution in [0.4, 0.5) is 21.5 Å². The average molecular weight is 447 g/mol. The number of ether oxygens (including phenoxy) is 2. The minimum absolute atomic E-state index is 0.105. The maximum absolute atomic E-state index is 12.9. The monoisotopic (exact) mass is 447 g/mol. The van der Waals surface area contributed by atoms with Crippen molar-refractivity contribution >= 4 is 28.9 Å². The molecule has 7 nitrogen and oxygen atoms in total. The zero-order chi connectivity index (χ0) is 23.6. The number of anilines is 1. The summed E-state index contributed by atoms with van der Waals surface area (Å²) in [6, 6.07) is 19.1. The fraction of sp³-hybridized carbons (Fsp3) is 0.120. The highest BCUT2D eigenvalue weighted by Crippen LogP contribution is 2.21. The number of benzene rings is 3. The molecule has 1 N–H and O–H groups in total. The number of hydrogen-bond acceptors (Lipinski definition) is 6. The Labute approximate surface area is 190 Å². The van der Waals surface area contributed by atoms with Gasteiger partial charge < -0.3 is 14.8 Å². The minimum atomic E-state index is -0.463. The number of rotatable bonds is 9. The first kappa shape index (κ1) is 23.3. The smallest absolute Gasteiger partial charge is 0.333 e. The van der Waals surface area contributed by atoms with Gasteiger partial charge in [-0.05, 0) is 79.7 Å². The minimum Gasteiger partial charge on any atom is -0.490 e. The zero-order valence-corrected chi connectivity index (χ0v) is 18.0. The van der Waals surface area contributed by atoms with Gasteiger partial charge in [0, 0.05) is 16.8 Å². The van der Waals surface area contributed by atoms with E-state index in [4.69, 9.17) is 9.47 Å². The van der Waals surface area contributed by atoms with Crippen LogP contribution in [0.3, 0.4) is 0 Å². The Hall–Kier alpha value is -4.33. The van der Waals surface area contributed by atoms with E-state index in [1.165, 1.54) is 24.3 Å². The van der Waals surface area contributed by atoms with Gasteiger partial charge in [0.05, 0.1) is 11.4 Å². The number of nitrogens with one attached hydrogen (secondary N) is 1. The highest BCUT2D eigenvalue weighted by atomic mass is 19.1. The van der Waals surface area contributed by atoms with Gasteiger partial charge in [0.15, 0.2) is 0 Å². The lowest BCUT2D eigenvalue weighted by atomic mass is 10.2. The number of halogens is 1. The van der Waals surface area contributed by atoms with Gasteiger partial charge in [-0.25, -0.2) is 9.18 Å². The number of amides is 1. The van der Waals surface area contributed by atoms with E-state index >= 15 is 0 Å². The van der Waals surface area contributed by atoms with Crippen LogP contribution in [0, 0.1) is 5.82 Å². The molecule has 168 valence electrons. The molecule has 0 aliphatic rings. The van der Waals surface area contributed by atoms with Gasteiger partial charge in [0.2, 0.25) is 0 Å². The molecule has 0 radical (unpaired) electrons. The Kier molecular flexibility index (Phi) is 8.02. The van der Waals surface area contributed by atoms with Crippen molar-refractivity contribution in [1.82, 2.24) is 0 Å². The highest BCUT2D eigenvalue weighted by molar-refractivity contribution is 6.04. The van der Waals surface area contributed by atoms with Crippen molar-refractivity contribution in [2.24, 2.45) is 10.2 Å². The summed E-state index contributed by atoms with van der Waals surface area (Å²) in [4.78, 5) is 23.8. The molecule has 0 bridgehead atoms. The number of carbonyl (C=O) groups is 2. The second kappa shape index (κ2) is 11.3. The predicted octanol–water partition coefficient (Wildman–Crippen LogP) is 5.99. The zero-order valence-electron chi connectivity index (χ0n) is 18.0. The molecule has 33 heavy (non-hydrogen) atoms. The quantitative estimate of drug-likeness (QED) is 0.189. The van der Waals surface area contributed by atoms with E-state index in [2.05, 4.69) is 22.1 Å². The molecule has 0 heterocycles. The summed E-state index contributed by atoms with van der Waals surface area (Å²) >= 11 is 0. The van der Waals surface area contributed by atoms with E-state index in [0.29, 0.717) is 33.9 Å². The number of carbonyl (C=O) groups excluding carboxylic acids is 2. The maximum Gasteiger partial charge on any atom is 0.333 e. The van der Waals surface area contributed by atoms with Gasteiger partial charge in [0.25, 0.3) is 5.91 Å². The second-order valence-electron chi connectivity index (χ2n) is 6.97. The van der Waals surface area contributed by atoms with Crippen LogP contribution in [0.5, 0.6) is 5.75 Å². The molecule has 1 amide bonds. The molecule has 0 aliphatic heterocycles. The van der Waals surface area contributed by atoms with Gasteiger partial charge in [-0.15, -0.1) is 0 Å². The summed E-state index contributed by atoms with van der Waals surface area (Å²) in [6.07, 6.45) is 0. The molecule has 0 spiro atoms. The summed E-state index contributed by atoms with van der Waals surface area (Å²) in [5, 5.41) is 10.9. The molecule has 3 rings (SSSR count). The number of esters is 1. The SMILES string of the molecule is C=C(C)C(=O)OCCOc1ccc(C(=O)Nc2ccc(N=Nc3ccc(F)cc3)cc2)cc1. The Balaban J connectivity index is 1.48. The molecule has 0 aliphatic carbocycles. The van der Waals surface area contributed by atoms with Gasteiger partial charge in [0.1, 0.15) is 24.8 Å². The van der Waals surface area contributed by atoms with E-state index in [1.807, 2.05) is 0 Å². The predicted molar refractivity (Wildman–Crippen MR) is 123 cm³/mol. The first-order chi connectivity index (χ1) is 15.9. The topological polar surface area (TPSA) is 89.3 Å². The van der Waals surface area contributed by atoms with E-state index in [-0.39, 0.29) is 24.9 Å². The van der Waals surface area contributed by atoms with Gasteiger partial charge in [-0.3, -0.25) is 4.79 Å². The second-order valence-corrected chi connectivity index (χ2v) is 6.97. The van der Waals surface area contributed by atoms with Crippen LogP contribution in [-0.4, -0.2) is 25.1 Å². The summed E-state index contributed by atoms with van der Waals surface area (Å²) in [5.74, 6) is -0.529. The first-order valence-corrected chi connectivity index (χ1v) is 10.0. The van der Waals surface area contributed by atoms with Crippen LogP contribution >= 0.6 is 0 Å². The maximum atomic E-state index is 12.9. The number of nitrogens with zero attached hydrogens (tertiary/aromatic N) is 2. The van der Waals surface area contributed by atoms with Crippen molar-refractivity contribution in [2.45, 2.75) is 6.92 Å². The molecular weight excluding hydrogens is 425 g/mol. The third-order valence-electron chi connectivity index (χ3n) is 4.28. The average Bonchev–Trinajstić information content (AvgIpc) is 2.82. The third kappa shape index (κ3) is 7.39. The lowest BCUT2D eigenvalue weighted by molar-refractivity contribution is -0.139. The van der Waals surface area contributed by atoms with E-state index in [0.717, 1.165) is 0 Å². The molecule has 3 aromatic carbocycles. The Morgan fingerprint density at radius 3 is 2.03 bits per heavy atom. The molecule has 0 unspecified atom stereocenters. The molecular formula is C25H22FN3O4. The molecule has 0 saturated heterocycles. The number of azo groups is 1. The highest BCUT2D eigenvalue weighted by Gasteiger charge is 2.07. The summed E-state index contributed by atoms with van der Waals surface area (Å²) in [5.41, 5.74) is 2.51. The van der Waals surface area contributed by atoms with Crippen LogP contribution in [-0.2, 0) is 9.53 Å². The Morgan fingerprint density at radius 2 is 1.45 bits per heavy atom. The van der Waals surface area contributed by atoms with Crippen LogP contribution in [0.1, 0.15) is 17.3 Å². The molecule has 0 saturated carbocycles. The van der Waals surface area contributed by atoms with Crippen molar-refractivity contribution in [3.05, 3.63) is 96.3 Å².